The zero-order valence-corrected chi connectivity index (χ0v) is 17.6. The summed E-state index contributed by atoms with van der Waals surface area (Å²) in [5.41, 5.74) is 11.1. The predicted molar refractivity (Wildman–Crippen MR) is 125 cm³/mol. The average Bonchev–Trinajstić information content (AvgIpc) is 3.29. The monoisotopic (exact) mass is 390 g/mol. The second kappa shape index (κ2) is 5.99. The molecule has 0 aliphatic carbocycles. The molecular weight excluding hydrogens is 368 g/mol. The fraction of sp³-hybridized carbons (Fsp3) is 0.143. The largest absolute Gasteiger partial charge is 0.456 e. The van der Waals surface area contributed by atoms with Gasteiger partial charge in [-0.25, -0.2) is 0 Å². The lowest BCUT2D eigenvalue weighted by Gasteiger charge is -2.14. The summed E-state index contributed by atoms with van der Waals surface area (Å²) in [7, 11) is 0. The highest BCUT2D eigenvalue weighted by Crippen LogP contribution is 2.42. The van der Waals surface area contributed by atoms with E-state index < -0.39 is 0 Å². The summed E-state index contributed by atoms with van der Waals surface area (Å²) < 4.78 is 12.6. The Morgan fingerprint density at radius 1 is 0.567 bits per heavy atom. The third kappa shape index (κ3) is 2.25. The first-order valence-corrected chi connectivity index (χ1v) is 10.4. The molecule has 146 valence electrons. The van der Waals surface area contributed by atoms with Gasteiger partial charge in [-0.1, -0.05) is 35.9 Å². The highest BCUT2D eigenvalue weighted by atomic mass is 16.3. The molecule has 0 amide bonds. The van der Waals surface area contributed by atoms with Gasteiger partial charge in [-0.05, 0) is 74.7 Å². The third-order valence-corrected chi connectivity index (χ3v) is 6.42. The molecule has 0 saturated carbocycles. The second-order valence-electron chi connectivity index (χ2n) is 8.38. The highest BCUT2D eigenvalue weighted by Gasteiger charge is 2.19. The Hall–Kier alpha value is -3.52. The van der Waals surface area contributed by atoms with E-state index in [-0.39, 0.29) is 0 Å². The van der Waals surface area contributed by atoms with Crippen molar-refractivity contribution in [3.8, 4) is 11.1 Å². The standard InChI is InChI=1S/C28H22O2/c1-15-9-12-25-22(13-15)21-11-10-19(17(3)27(21)30-25)26-16(2)14-23-20-7-5-6-8-24(20)29-28(23)18(26)4/h5-14H,1-4H3. The Balaban J connectivity index is 1.67. The van der Waals surface area contributed by atoms with E-state index in [1.807, 2.05) is 12.1 Å². The van der Waals surface area contributed by atoms with Crippen molar-refractivity contribution in [2.24, 2.45) is 0 Å². The highest BCUT2D eigenvalue weighted by molar-refractivity contribution is 6.10. The average molecular weight is 390 g/mol. The Morgan fingerprint density at radius 2 is 1.30 bits per heavy atom. The summed E-state index contributed by atoms with van der Waals surface area (Å²) in [6.45, 7) is 8.64. The number of hydrogen-bond acceptors (Lipinski definition) is 2. The summed E-state index contributed by atoms with van der Waals surface area (Å²) in [6.07, 6.45) is 0. The van der Waals surface area contributed by atoms with Crippen LogP contribution in [0.15, 0.2) is 69.5 Å². The summed E-state index contributed by atoms with van der Waals surface area (Å²) in [6, 6.07) is 21.3. The van der Waals surface area contributed by atoms with Gasteiger partial charge >= 0.3 is 0 Å². The molecule has 0 radical (unpaired) electrons. The molecular formula is C28H22O2. The van der Waals surface area contributed by atoms with Crippen LogP contribution < -0.4 is 0 Å². The Bertz CT molecular complexity index is 1630. The lowest BCUT2D eigenvalue weighted by atomic mass is 9.90. The summed E-state index contributed by atoms with van der Waals surface area (Å²) in [4.78, 5) is 0. The van der Waals surface area contributed by atoms with Crippen LogP contribution in [-0.2, 0) is 0 Å². The third-order valence-electron chi connectivity index (χ3n) is 6.42. The molecule has 6 rings (SSSR count). The second-order valence-corrected chi connectivity index (χ2v) is 8.38. The molecule has 2 nitrogen and oxygen atoms in total. The molecule has 6 aromatic rings. The number of benzene rings is 4. The van der Waals surface area contributed by atoms with E-state index in [0.717, 1.165) is 22.3 Å². The first-order valence-electron chi connectivity index (χ1n) is 10.4. The van der Waals surface area contributed by atoms with Gasteiger partial charge in [0.2, 0.25) is 0 Å². The van der Waals surface area contributed by atoms with E-state index >= 15 is 0 Å². The topological polar surface area (TPSA) is 26.3 Å². The van der Waals surface area contributed by atoms with Crippen molar-refractivity contribution in [2.45, 2.75) is 27.7 Å². The van der Waals surface area contributed by atoms with E-state index in [0.29, 0.717) is 0 Å². The van der Waals surface area contributed by atoms with Gasteiger partial charge in [0.15, 0.2) is 0 Å². The molecule has 0 aliphatic rings. The van der Waals surface area contributed by atoms with Crippen LogP contribution in [0.25, 0.3) is 55.0 Å². The van der Waals surface area contributed by atoms with Crippen LogP contribution in [0.3, 0.4) is 0 Å². The van der Waals surface area contributed by atoms with Crippen LogP contribution in [-0.4, -0.2) is 0 Å². The van der Waals surface area contributed by atoms with E-state index in [4.69, 9.17) is 8.83 Å². The number of rotatable bonds is 1. The minimum absolute atomic E-state index is 0.937. The van der Waals surface area contributed by atoms with Crippen molar-refractivity contribution in [1.29, 1.82) is 0 Å². The van der Waals surface area contributed by atoms with Crippen LogP contribution in [0.5, 0.6) is 0 Å². The van der Waals surface area contributed by atoms with Crippen LogP contribution in [0.1, 0.15) is 22.3 Å². The first-order chi connectivity index (χ1) is 14.5. The molecule has 0 bridgehead atoms. The van der Waals surface area contributed by atoms with E-state index in [1.165, 1.54) is 54.9 Å². The molecule has 4 aromatic carbocycles. The molecule has 2 heteroatoms. The molecule has 0 N–H and O–H groups in total. The SMILES string of the molecule is Cc1ccc2oc3c(C)c(-c4c(C)cc5c(oc6ccccc65)c4C)ccc3c2c1. The molecule has 0 unspecified atom stereocenters. The summed E-state index contributed by atoms with van der Waals surface area (Å²) in [5.74, 6) is 0. The van der Waals surface area contributed by atoms with E-state index in [9.17, 15) is 0 Å². The van der Waals surface area contributed by atoms with Crippen molar-refractivity contribution in [3.05, 3.63) is 82.9 Å². The van der Waals surface area contributed by atoms with Gasteiger partial charge in [0.25, 0.3) is 0 Å². The minimum atomic E-state index is 0.937. The van der Waals surface area contributed by atoms with E-state index in [1.54, 1.807) is 0 Å². The zero-order chi connectivity index (χ0) is 20.6. The minimum Gasteiger partial charge on any atom is -0.456 e. The first kappa shape index (κ1) is 17.3. The molecule has 0 atom stereocenters. The van der Waals surface area contributed by atoms with Crippen LogP contribution in [0.2, 0.25) is 0 Å². The fourth-order valence-corrected chi connectivity index (χ4v) is 4.96. The smallest absolute Gasteiger partial charge is 0.138 e. The van der Waals surface area contributed by atoms with Crippen molar-refractivity contribution in [2.75, 3.05) is 0 Å². The van der Waals surface area contributed by atoms with Crippen LogP contribution in [0.4, 0.5) is 0 Å². The van der Waals surface area contributed by atoms with Crippen LogP contribution >= 0.6 is 0 Å². The normalized spacial score (nSPS) is 12.0. The van der Waals surface area contributed by atoms with Crippen molar-refractivity contribution < 1.29 is 8.83 Å². The lowest BCUT2D eigenvalue weighted by Crippen LogP contribution is -1.92. The van der Waals surface area contributed by atoms with Gasteiger partial charge < -0.3 is 8.83 Å². The molecule has 0 fully saturated rings. The number of para-hydroxylation sites is 1. The predicted octanol–water partition coefficient (Wildman–Crippen LogP) is 8.39. The quantitative estimate of drug-likeness (QED) is 0.282. The molecule has 2 heterocycles. The van der Waals surface area contributed by atoms with Crippen LogP contribution in [0, 0.1) is 27.7 Å². The van der Waals surface area contributed by atoms with Gasteiger partial charge in [-0.3, -0.25) is 0 Å². The van der Waals surface area contributed by atoms with Crippen molar-refractivity contribution in [1.82, 2.24) is 0 Å². The zero-order valence-electron chi connectivity index (χ0n) is 17.6. The molecule has 30 heavy (non-hydrogen) atoms. The number of aryl methyl sites for hydroxylation is 4. The van der Waals surface area contributed by atoms with Crippen molar-refractivity contribution >= 4 is 43.9 Å². The van der Waals surface area contributed by atoms with Gasteiger partial charge in [-0.2, -0.15) is 0 Å². The number of hydrogen-bond donors (Lipinski definition) is 0. The Morgan fingerprint density at radius 3 is 2.13 bits per heavy atom. The maximum absolute atomic E-state index is 6.29. The van der Waals surface area contributed by atoms with Gasteiger partial charge in [0.05, 0.1) is 0 Å². The number of furan rings is 2. The van der Waals surface area contributed by atoms with Gasteiger partial charge in [-0.15, -0.1) is 0 Å². The van der Waals surface area contributed by atoms with Gasteiger partial charge in [0, 0.05) is 32.7 Å². The maximum Gasteiger partial charge on any atom is 0.138 e. The summed E-state index contributed by atoms with van der Waals surface area (Å²) >= 11 is 0. The molecule has 0 spiro atoms. The molecule has 0 aliphatic heterocycles. The maximum atomic E-state index is 6.29. The Labute approximate surface area is 174 Å². The van der Waals surface area contributed by atoms with Gasteiger partial charge in [0.1, 0.15) is 22.3 Å². The fourth-order valence-electron chi connectivity index (χ4n) is 4.96. The molecule has 2 aromatic heterocycles. The molecule has 0 saturated heterocycles. The van der Waals surface area contributed by atoms with Crippen molar-refractivity contribution in [3.63, 3.8) is 0 Å². The Kier molecular flexibility index (Phi) is 3.47. The lowest BCUT2D eigenvalue weighted by molar-refractivity contribution is 0.664. The van der Waals surface area contributed by atoms with E-state index in [2.05, 4.69) is 76.2 Å². The number of fused-ring (bicyclic) bond motifs is 6. The summed E-state index contributed by atoms with van der Waals surface area (Å²) in [5, 5.41) is 4.71.